The van der Waals surface area contributed by atoms with Crippen molar-refractivity contribution in [3.8, 4) is 0 Å². The summed E-state index contributed by atoms with van der Waals surface area (Å²) in [7, 11) is 2.14. The molecule has 0 atom stereocenters. The lowest BCUT2D eigenvalue weighted by atomic mass is 10.0. The van der Waals surface area contributed by atoms with Crippen LogP contribution in [0.3, 0.4) is 0 Å². The van der Waals surface area contributed by atoms with Crippen molar-refractivity contribution in [1.82, 2.24) is 4.57 Å². The van der Waals surface area contributed by atoms with Crippen molar-refractivity contribution < 1.29 is 0 Å². The fourth-order valence-electron chi connectivity index (χ4n) is 2.69. The molecule has 0 unspecified atom stereocenters. The first-order valence-electron chi connectivity index (χ1n) is 5.67. The molecule has 1 heteroatoms. The van der Waals surface area contributed by atoms with Crippen LogP contribution in [0.1, 0.15) is 12.5 Å². The van der Waals surface area contributed by atoms with Crippen LogP contribution in [0.2, 0.25) is 0 Å². The molecule has 1 heterocycles. The zero-order valence-corrected chi connectivity index (χ0v) is 9.91. The van der Waals surface area contributed by atoms with Crippen molar-refractivity contribution in [2.24, 2.45) is 7.05 Å². The average Bonchev–Trinajstić information content (AvgIpc) is 2.57. The number of rotatable bonds is 0. The van der Waals surface area contributed by atoms with E-state index in [4.69, 9.17) is 0 Å². The van der Waals surface area contributed by atoms with Crippen LogP contribution in [-0.2, 0) is 7.05 Å². The van der Waals surface area contributed by atoms with Crippen LogP contribution < -0.4 is 5.35 Å². The molecule has 16 heavy (non-hydrogen) atoms. The normalized spacial score (nSPS) is 13.1. The molecule has 2 aromatic carbocycles. The minimum absolute atomic E-state index is 1.31. The molecule has 0 saturated carbocycles. The molecule has 80 valence electrons. The first-order chi connectivity index (χ1) is 7.74. The molecular weight excluding hydrogens is 194 g/mol. The summed E-state index contributed by atoms with van der Waals surface area (Å²) in [6.07, 6.45) is 2.18. The van der Waals surface area contributed by atoms with Crippen molar-refractivity contribution in [3.05, 3.63) is 41.2 Å². The topological polar surface area (TPSA) is 4.93 Å². The molecule has 0 N–H and O–H groups in total. The first-order valence-corrected chi connectivity index (χ1v) is 5.67. The standard InChI is InChI=1S/C15H15N/c1-4-13-12-7-5-6-11-10(2)8-9-14(15(11)12)16(13)3/h4-9H,1-3H3/b13-4+. The number of aryl methyl sites for hydroxylation is 2. The summed E-state index contributed by atoms with van der Waals surface area (Å²) in [5.74, 6) is 0. The Balaban J connectivity index is 2.78. The summed E-state index contributed by atoms with van der Waals surface area (Å²) in [4.78, 5) is 0. The molecule has 3 aromatic rings. The Kier molecular flexibility index (Phi) is 1.84. The summed E-state index contributed by atoms with van der Waals surface area (Å²) in [6, 6.07) is 11.0. The SMILES string of the molecule is C/C=c1\c2cccc3c(C)ccc(c32)n1C. The second-order valence-electron chi connectivity index (χ2n) is 4.36. The molecule has 0 aliphatic rings. The quantitative estimate of drug-likeness (QED) is 0.536. The van der Waals surface area contributed by atoms with Gasteiger partial charge in [-0.25, -0.2) is 0 Å². The van der Waals surface area contributed by atoms with Crippen molar-refractivity contribution in [1.29, 1.82) is 0 Å². The number of aromatic nitrogens is 1. The third-order valence-corrected chi connectivity index (χ3v) is 3.51. The van der Waals surface area contributed by atoms with E-state index in [1.165, 1.54) is 32.6 Å². The van der Waals surface area contributed by atoms with Crippen molar-refractivity contribution in [2.45, 2.75) is 13.8 Å². The average molecular weight is 209 g/mol. The molecule has 0 amide bonds. The highest BCUT2D eigenvalue weighted by molar-refractivity contribution is 6.11. The van der Waals surface area contributed by atoms with Gasteiger partial charge in [0.15, 0.2) is 0 Å². The Hall–Kier alpha value is -1.76. The Bertz CT molecular complexity index is 732. The Morgan fingerprint density at radius 3 is 2.56 bits per heavy atom. The number of hydrogen-bond acceptors (Lipinski definition) is 0. The van der Waals surface area contributed by atoms with Gasteiger partial charge in [-0.1, -0.05) is 30.3 Å². The van der Waals surface area contributed by atoms with Gasteiger partial charge in [0.1, 0.15) is 0 Å². The fraction of sp³-hybridized carbons (Fsp3) is 0.200. The predicted molar refractivity (Wildman–Crippen MR) is 70.5 cm³/mol. The maximum atomic E-state index is 2.27. The fourth-order valence-corrected chi connectivity index (χ4v) is 2.69. The van der Waals surface area contributed by atoms with E-state index in [0.29, 0.717) is 0 Å². The second-order valence-corrected chi connectivity index (χ2v) is 4.36. The van der Waals surface area contributed by atoms with Crippen molar-refractivity contribution >= 4 is 27.8 Å². The van der Waals surface area contributed by atoms with E-state index in [0.717, 1.165) is 0 Å². The molecule has 0 aliphatic heterocycles. The Morgan fingerprint density at radius 2 is 1.81 bits per heavy atom. The van der Waals surface area contributed by atoms with Gasteiger partial charge in [-0.05, 0) is 30.9 Å². The zero-order chi connectivity index (χ0) is 11.3. The minimum atomic E-state index is 1.31. The Labute approximate surface area is 95.0 Å². The van der Waals surface area contributed by atoms with E-state index >= 15 is 0 Å². The molecule has 0 bridgehead atoms. The molecule has 1 nitrogen and oxygen atoms in total. The van der Waals surface area contributed by atoms with Gasteiger partial charge < -0.3 is 4.57 Å². The second kappa shape index (κ2) is 3.11. The van der Waals surface area contributed by atoms with Gasteiger partial charge in [-0.2, -0.15) is 0 Å². The van der Waals surface area contributed by atoms with Crippen LogP contribution >= 0.6 is 0 Å². The zero-order valence-electron chi connectivity index (χ0n) is 9.91. The van der Waals surface area contributed by atoms with Crippen molar-refractivity contribution in [3.63, 3.8) is 0 Å². The van der Waals surface area contributed by atoms with Gasteiger partial charge >= 0.3 is 0 Å². The summed E-state index contributed by atoms with van der Waals surface area (Å²) >= 11 is 0. The van der Waals surface area contributed by atoms with E-state index in [1.54, 1.807) is 0 Å². The number of benzene rings is 2. The van der Waals surface area contributed by atoms with Gasteiger partial charge in [0.2, 0.25) is 0 Å². The summed E-state index contributed by atoms with van der Waals surface area (Å²) in [6.45, 7) is 4.28. The number of nitrogens with zero attached hydrogens (tertiary/aromatic N) is 1. The molecule has 0 fully saturated rings. The van der Waals surface area contributed by atoms with Crippen LogP contribution in [-0.4, -0.2) is 4.57 Å². The molecule has 0 radical (unpaired) electrons. The summed E-state index contributed by atoms with van der Waals surface area (Å²) < 4.78 is 2.27. The molecule has 1 aromatic heterocycles. The van der Waals surface area contributed by atoms with Gasteiger partial charge in [-0.3, -0.25) is 0 Å². The predicted octanol–water partition coefficient (Wildman–Crippen LogP) is 3.16. The van der Waals surface area contributed by atoms with Crippen LogP contribution in [0.4, 0.5) is 0 Å². The largest absolute Gasteiger partial charge is 0.344 e. The smallest absolute Gasteiger partial charge is 0.0494 e. The van der Waals surface area contributed by atoms with Crippen LogP contribution in [0.15, 0.2) is 30.3 Å². The molecule has 0 spiro atoms. The third-order valence-electron chi connectivity index (χ3n) is 3.51. The van der Waals surface area contributed by atoms with Gasteiger partial charge in [0.05, 0.1) is 0 Å². The summed E-state index contributed by atoms with van der Waals surface area (Å²) in [5.41, 5.74) is 2.68. The highest BCUT2D eigenvalue weighted by atomic mass is 14.9. The van der Waals surface area contributed by atoms with Crippen LogP contribution in [0.5, 0.6) is 0 Å². The lowest BCUT2D eigenvalue weighted by Gasteiger charge is -2.02. The van der Waals surface area contributed by atoms with Gasteiger partial charge in [0.25, 0.3) is 0 Å². The maximum absolute atomic E-state index is 2.27. The first kappa shape index (κ1) is 9.46. The lowest BCUT2D eigenvalue weighted by molar-refractivity contribution is 0.935. The molecule has 0 saturated heterocycles. The lowest BCUT2D eigenvalue weighted by Crippen LogP contribution is -2.11. The van der Waals surface area contributed by atoms with Crippen LogP contribution in [0.25, 0.3) is 27.8 Å². The van der Waals surface area contributed by atoms with E-state index in [1.807, 2.05) is 0 Å². The molecule has 0 aliphatic carbocycles. The van der Waals surface area contributed by atoms with E-state index < -0.39 is 0 Å². The van der Waals surface area contributed by atoms with Gasteiger partial charge in [-0.15, -0.1) is 0 Å². The maximum Gasteiger partial charge on any atom is 0.0494 e. The summed E-state index contributed by atoms with van der Waals surface area (Å²) in [5, 5.41) is 5.45. The molecule has 3 rings (SSSR count). The highest BCUT2D eigenvalue weighted by Crippen LogP contribution is 2.27. The Morgan fingerprint density at radius 1 is 1.06 bits per heavy atom. The highest BCUT2D eigenvalue weighted by Gasteiger charge is 2.09. The van der Waals surface area contributed by atoms with E-state index in [2.05, 4.69) is 61.9 Å². The van der Waals surface area contributed by atoms with Crippen molar-refractivity contribution in [2.75, 3.05) is 0 Å². The third kappa shape index (κ3) is 1.00. The minimum Gasteiger partial charge on any atom is -0.344 e. The molecular formula is C15H15N. The van der Waals surface area contributed by atoms with E-state index in [9.17, 15) is 0 Å². The van der Waals surface area contributed by atoms with Crippen LogP contribution in [0, 0.1) is 6.92 Å². The monoisotopic (exact) mass is 209 g/mol. The van der Waals surface area contributed by atoms with Gasteiger partial charge in [0, 0.05) is 28.7 Å². The van der Waals surface area contributed by atoms with E-state index in [-0.39, 0.29) is 0 Å². The number of hydrogen-bond donors (Lipinski definition) is 0.